The molecule has 8 nitrogen and oxygen atoms in total. The van der Waals surface area contributed by atoms with Gasteiger partial charge in [-0.15, -0.1) is 0 Å². The fraction of sp³-hybridized carbons (Fsp3) is 0.421. The van der Waals surface area contributed by atoms with E-state index in [2.05, 4.69) is 10.3 Å². The van der Waals surface area contributed by atoms with Crippen molar-refractivity contribution < 1.29 is 18.0 Å². The van der Waals surface area contributed by atoms with Crippen LogP contribution in [-0.2, 0) is 21.4 Å². The lowest BCUT2D eigenvalue weighted by molar-refractivity contribution is -0.120. The molecule has 1 N–H and O–H groups in total. The van der Waals surface area contributed by atoms with Crippen molar-refractivity contribution in [3.8, 4) is 0 Å². The lowest BCUT2D eigenvalue weighted by atomic mass is 9.98. The van der Waals surface area contributed by atoms with E-state index in [0.717, 1.165) is 0 Å². The second-order valence-corrected chi connectivity index (χ2v) is 8.75. The summed E-state index contributed by atoms with van der Waals surface area (Å²) in [6.45, 7) is 4.52. The van der Waals surface area contributed by atoms with E-state index in [1.807, 2.05) is 6.92 Å². The molecule has 2 aromatic rings. The Labute approximate surface area is 164 Å². The van der Waals surface area contributed by atoms with Gasteiger partial charge in [-0.1, -0.05) is 0 Å². The largest absolute Gasteiger partial charge is 0.336 e. The highest BCUT2D eigenvalue weighted by molar-refractivity contribution is 7.89. The van der Waals surface area contributed by atoms with E-state index in [0.29, 0.717) is 37.2 Å². The minimum Gasteiger partial charge on any atom is -0.336 e. The summed E-state index contributed by atoms with van der Waals surface area (Å²) in [5, 5.41) is 2.82. The van der Waals surface area contributed by atoms with Gasteiger partial charge in [0.05, 0.1) is 12.2 Å². The van der Waals surface area contributed by atoms with E-state index in [4.69, 9.17) is 0 Å². The number of anilines is 1. The van der Waals surface area contributed by atoms with Crippen LogP contribution < -0.4 is 5.32 Å². The normalized spacial score (nSPS) is 18.0. The van der Waals surface area contributed by atoms with Gasteiger partial charge in [-0.2, -0.15) is 4.31 Å². The van der Waals surface area contributed by atoms with E-state index < -0.39 is 15.9 Å². The first-order valence-corrected chi connectivity index (χ1v) is 10.7. The molecule has 1 fully saturated rings. The molecule has 1 aliphatic rings. The van der Waals surface area contributed by atoms with Crippen molar-refractivity contribution in [3.05, 3.63) is 42.4 Å². The SMILES string of the molecule is CCn1cnc(S(=O)(=O)N2CCC[C@@H](C(=O)Nc3ccc(C(C)=O)cc3)C2)c1. The van der Waals surface area contributed by atoms with Crippen LogP contribution in [0.25, 0.3) is 0 Å². The average Bonchev–Trinajstić information content (AvgIpc) is 3.18. The molecule has 0 radical (unpaired) electrons. The molecule has 1 saturated heterocycles. The topological polar surface area (TPSA) is 101 Å². The minimum atomic E-state index is -3.72. The van der Waals surface area contributed by atoms with Crippen molar-refractivity contribution in [1.29, 1.82) is 0 Å². The highest BCUT2D eigenvalue weighted by Gasteiger charge is 2.34. The number of rotatable bonds is 6. The van der Waals surface area contributed by atoms with Crippen molar-refractivity contribution in [2.45, 2.75) is 38.3 Å². The Balaban J connectivity index is 1.68. The number of ketones is 1. The number of carbonyl (C=O) groups is 2. The lowest BCUT2D eigenvalue weighted by Gasteiger charge is -2.30. The molecule has 9 heteroatoms. The molecule has 0 bridgehead atoms. The van der Waals surface area contributed by atoms with Crippen LogP contribution in [-0.4, -0.2) is 47.1 Å². The lowest BCUT2D eigenvalue weighted by Crippen LogP contribution is -2.43. The maximum absolute atomic E-state index is 12.8. The van der Waals surface area contributed by atoms with Crippen LogP contribution in [0.4, 0.5) is 5.69 Å². The van der Waals surface area contributed by atoms with Gasteiger partial charge in [-0.25, -0.2) is 13.4 Å². The van der Waals surface area contributed by atoms with Crippen LogP contribution in [0.1, 0.15) is 37.0 Å². The van der Waals surface area contributed by atoms with E-state index in [9.17, 15) is 18.0 Å². The molecule has 1 aliphatic heterocycles. The summed E-state index contributed by atoms with van der Waals surface area (Å²) >= 11 is 0. The molecule has 2 heterocycles. The summed E-state index contributed by atoms with van der Waals surface area (Å²) in [5.41, 5.74) is 1.15. The number of aromatic nitrogens is 2. The molecule has 0 saturated carbocycles. The van der Waals surface area contributed by atoms with Crippen LogP contribution in [0, 0.1) is 5.92 Å². The van der Waals surface area contributed by atoms with Crippen LogP contribution in [0.3, 0.4) is 0 Å². The molecular formula is C19H24N4O4S. The number of nitrogens with zero attached hydrogens (tertiary/aromatic N) is 3. The smallest absolute Gasteiger partial charge is 0.262 e. The van der Waals surface area contributed by atoms with Gasteiger partial charge in [0.2, 0.25) is 5.91 Å². The Morgan fingerprint density at radius 3 is 2.57 bits per heavy atom. The van der Waals surface area contributed by atoms with Gasteiger partial charge in [-0.05, 0) is 51.0 Å². The quantitative estimate of drug-likeness (QED) is 0.744. The fourth-order valence-corrected chi connectivity index (χ4v) is 4.64. The van der Waals surface area contributed by atoms with Crippen LogP contribution in [0.5, 0.6) is 0 Å². The molecule has 28 heavy (non-hydrogen) atoms. The van der Waals surface area contributed by atoms with Gasteiger partial charge in [0.15, 0.2) is 10.8 Å². The number of sulfonamides is 1. The summed E-state index contributed by atoms with van der Waals surface area (Å²) in [6.07, 6.45) is 4.23. The summed E-state index contributed by atoms with van der Waals surface area (Å²) in [7, 11) is -3.72. The summed E-state index contributed by atoms with van der Waals surface area (Å²) in [4.78, 5) is 28.0. The van der Waals surface area contributed by atoms with Crippen molar-refractivity contribution in [2.75, 3.05) is 18.4 Å². The highest BCUT2D eigenvalue weighted by Crippen LogP contribution is 2.24. The Kier molecular flexibility index (Phi) is 5.95. The molecule has 0 unspecified atom stereocenters. The second kappa shape index (κ2) is 8.24. The number of aryl methyl sites for hydroxylation is 1. The molecule has 150 valence electrons. The summed E-state index contributed by atoms with van der Waals surface area (Å²) < 4.78 is 28.7. The molecule has 1 aromatic carbocycles. The van der Waals surface area contributed by atoms with Crippen molar-refractivity contribution in [3.63, 3.8) is 0 Å². The number of hydrogen-bond donors (Lipinski definition) is 1. The first-order valence-electron chi connectivity index (χ1n) is 9.25. The third-order valence-electron chi connectivity index (χ3n) is 4.89. The second-order valence-electron chi connectivity index (χ2n) is 6.87. The van der Waals surface area contributed by atoms with E-state index >= 15 is 0 Å². The zero-order valence-electron chi connectivity index (χ0n) is 16.0. The van der Waals surface area contributed by atoms with Gasteiger partial charge >= 0.3 is 0 Å². The Morgan fingerprint density at radius 1 is 1.25 bits per heavy atom. The first kappa shape index (κ1) is 20.2. The van der Waals surface area contributed by atoms with Gasteiger partial charge in [0, 0.05) is 37.1 Å². The molecule has 0 spiro atoms. The third-order valence-corrected chi connectivity index (χ3v) is 6.64. The zero-order valence-corrected chi connectivity index (χ0v) is 16.8. The molecule has 1 aromatic heterocycles. The van der Waals surface area contributed by atoms with E-state index in [-0.39, 0.29) is 23.3 Å². The monoisotopic (exact) mass is 404 g/mol. The Morgan fingerprint density at radius 2 is 1.96 bits per heavy atom. The average molecular weight is 404 g/mol. The molecular weight excluding hydrogens is 380 g/mol. The third kappa shape index (κ3) is 4.31. The summed E-state index contributed by atoms with van der Waals surface area (Å²) in [5.74, 6) is -0.713. The highest BCUT2D eigenvalue weighted by atomic mass is 32.2. The standard InChI is InChI=1S/C19H24N4O4S/c1-3-22-12-18(20-13-22)28(26,27)23-10-4-5-16(11-23)19(25)21-17-8-6-15(7-9-17)14(2)24/h6-9,12-13,16H,3-5,10-11H2,1-2H3,(H,21,25)/t16-/m1/s1. The predicted molar refractivity (Wildman–Crippen MR) is 104 cm³/mol. The number of carbonyl (C=O) groups excluding carboxylic acids is 2. The van der Waals surface area contributed by atoms with Gasteiger partial charge in [-0.3, -0.25) is 9.59 Å². The van der Waals surface area contributed by atoms with Crippen LogP contribution in [0.2, 0.25) is 0 Å². The first-order chi connectivity index (χ1) is 13.3. The number of benzene rings is 1. The summed E-state index contributed by atoms with van der Waals surface area (Å²) in [6, 6.07) is 6.64. The van der Waals surface area contributed by atoms with Gasteiger partial charge in [0.1, 0.15) is 0 Å². The Hall–Kier alpha value is -2.52. The van der Waals surface area contributed by atoms with Gasteiger partial charge in [0.25, 0.3) is 10.0 Å². The van der Waals surface area contributed by atoms with Gasteiger partial charge < -0.3 is 9.88 Å². The molecule has 3 rings (SSSR count). The maximum atomic E-state index is 12.8. The van der Waals surface area contributed by atoms with E-state index in [1.54, 1.807) is 28.8 Å². The van der Waals surface area contributed by atoms with Crippen molar-refractivity contribution in [2.24, 2.45) is 5.92 Å². The molecule has 1 atom stereocenters. The Bertz CT molecular complexity index is 966. The number of amides is 1. The van der Waals surface area contributed by atoms with Crippen LogP contribution in [0.15, 0.2) is 41.8 Å². The number of Topliss-reactive ketones (excluding diaryl/α,β-unsaturated/α-hetero) is 1. The minimum absolute atomic E-state index is 0.00947. The van der Waals surface area contributed by atoms with Crippen LogP contribution >= 0.6 is 0 Å². The molecule has 1 amide bonds. The number of piperidine rings is 1. The van der Waals surface area contributed by atoms with Crippen molar-refractivity contribution >= 4 is 27.4 Å². The number of hydrogen-bond acceptors (Lipinski definition) is 5. The number of imidazole rings is 1. The van der Waals surface area contributed by atoms with E-state index in [1.165, 1.54) is 23.8 Å². The van der Waals surface area contributed by atoms with Crippen molar-refractivity contribution in [1.82, 2.24) is 13.9 Å². The predicted octanol–water partition coefficient (Wildman–Crippen LogP) is 2.14. The number of nitrogens with one attached hydrogen (secondary N) is 1. The molecule has 0 aliphatic carbocycles. The maximum Gasteiger partial charge on any atom is 0.262 e. The fourth-order valence-electron chi connectivity index (χ4n) is 3.19. The zero-order chi connectivity index (χ0) is 20.3.